The first kappa shape index (κ1) is 22.1. The molecule has 1 aliphatic heterocycles. The maximum Gasteiger partial charge on any atom is 0.390 e. The molecule has 0 aliphatic carbocycles. The Morgan fingerprint density at radius 1 is 1.27 bits per heavy atom. The lowest BCUT2D eigenvalue weighted by Gasteiger charge is -2.37. The molecule has 1 fully saturated rings. The van der Waals surface area contributed by atoms with E-state index in [-0.39, 0.29) is 35.3 Å². The molecule has 0 aromatic heterocycles. The van der Waals surface area contributed by atoms with Crippen molar-refractivity contribution in [3.05, 3.63) is 0 Å². The van der Waals surface area contributed by atoms with E-state index in [1.54, 1.807) is 7.05 Å². The quantitative estimate of drug-likeness (QED) is 0.367. The highest BCUT2D eigenvalue weighted by molar-refractivity contribution is 14.0. The third-order valence-electron chi connectivity index (χ3n) is 3.36. The van der Waals surface area contributed by atoms with Gasteiger partial charge < -0.3 is 15.4 Å². The van der Waals surface area contributed by atoms with Crippen LogP contribution in [0.1, 0.15) is 26.2 Å². The molecule has 0 atom stereocenters. The summed E-state index contributed by atoms with van der Waals surface area (Å²) in [7, 11) is 1.56. The molecule has 0 bridgehead atoms. The first-order valence-corrected chi connectivity index (χ1v) is 8.12. The Labute approximate surface area is 151 Å². The van der Waals surface area contributed by atoms with E-state index in [1.165, 1.54) is 0 Å². The van der Waals surface area contributed by atoms with Crippen LogP contribution in [0.25, 0.3) is 0 Å². The van der Waals surface area contributed by atoms with E-state index in [1.807, 2.05) is 11.8 Å². The van der Waals surface area contributed by atoms with Crippen LogP contribution in [0, 0.1) is 0 Å². The van der Waals surface area contributed by atoms with E-state index in [0.717, 1.165) is 31.8 Å². The second-order valence-corrected chi connectivity index (χ2v) is 6.68. The van der Waals surface area contributed by atoms with Crippen molar-refractivity contribution in [3.8, 4) is 0 Å². The van der Waals surface area contributed by atoms with Crippen LogP contribution < -0.4 is 10.6 Å². The van der Waals surface area contributed by atoms with E-state index in [0.29, 0.717) is 12.5 Å². The van der Waals surface area contributed by atoms with Crippen LogP contribution in [0.15, 0.2) is 4.99 Å². The van der Waals surface area contributed by atoms with Gasteiger partial charge in [0, 0.05) is 38.1 Å². The summed E-state index contributed by atoms with van der Waals surface area (Å²) in [6.45, 7) is 4.09. The molecule has 0 unspecified atom stereocenters. The van der Waals surface area contributed by atoms with Gasteiger partial charge in [0.25, 0.3) is 0 Å². The van der Waals surface area contributed by atoms with Gasteiger partial charge in [-0.15, -0.1) is 24.0 Å². The molecular weight excluding hydrogens is 430 g/mol. The SMILES string of the molecule is CCSC1(CNC(=NC)NCCC(F)(F)F)CCOCC1.I. The van der Waals surface area contributed by atoms with Crippen molar-refractivity contribution in [2.45, 2.75) is 37.1 Å². The lowest BCUT2D eigenvalue weighted by molar-refractivity contribution is -0.132. The van der Waals surface area contributed by atoms with Crippen molar-refractivity contribution in [1.82, 2.24) is 10.6 Å². The molecule has 0 radical (unpaired) electrons. The number of thioether (sulfide) groups is 1. The number of aliphatic imine (C=N–C) groups is 1. The Morgan fingerprint density at radius 3 is 2.41 bits per heavy atom. The second kappa shape index (κ2) is 10.8. The molecule has 0 aromatic rings. The lowest BCUT2D eigenvalue weighted by Crippen LogP contribution is -2.48. The molecule has 22 heavy (non-hydrogen) atoms. The van der Waals surface area contributed by atoms with Gasteiger partial charge in [0.15, 0.2) is 5.96 Å². The topological polar surface area (TPSA) is 45.7 Å². The van der Waals surface area contributed by atoms with Gasteiger partial charge in [-0.2, -0.15) is 24.9 Å². The number of halogens is 4. The van der Waals surface area contributed by atoms with Crippen LogP contribution in [0.4, 0.5) is 13.2 Å². The van der Waals surface area contributed by atoms with Gasteiger partial charge in [0.1, 0.15) is 0 Å². The monoisotopic (exact) mass is 455 g/mol. The standard InChI is InChI=1S/C13H24F3N3OS.HI/c1-3-21-12(5-8-20-9-6-12)10-19-11(17-2)18-7-4-13(14,15)16;/h3-10H2,1-2H3,(H2,17,18,19);1H. The largest absolute Gasteiger partial charge is 0.390 e. The van der Waals surface area contributed by atoms with Crippen LogP contribution in [-0.4, -0.2) is 56.0 Å². The van der Waals surface area contributed by atoms with Gasteiger partial charge in [-0.1, -0.05) is 6.92 Å². The number of alkyl halides is 3. The van der Waals surface area contributed by atoms with Gasteiger partial charge in [0.05, 0.1) is 6.42 Å². The first-order valence-electron chi connectivity index (χ1n) is 7.14. The molecule has 0 amide bonds. The molecule has 4 nitrogen and oxygen atoms in total. The van der Waals surface area contributed by atoms with E-state index in [2.05, 4.69) is 22.5 Å². The van der Waals surface area contributed by atoms with Crippen molar-refractivity contribution < 1.29 is 17.9 Å². The van der Waals surface area contributed by atoms with E-state index >= 15 is 0 Å². The average molecular weight is 455 g/mol. The van der Waals surface area contributed by atoms with E-state index in [4.69, 9.17) is 4.74 Å². The van der Waals surface area contributed by atoms with Crippen LogP contribution >= 0.6 is 35.7 Å². The Morgan fingerprint density at radius 2 is 1.91 bits per heavy atom. The Bertz CT molecular complexity index is 331. The maximum atomic E-state index is 12.1. The molecule has 1 rings (SSSR count). The summed E-state index contributed by atoms with van der Waals surface area (Å²) < 4.78 is 41.9. The zero-order chi connectivity index (χ0) is 15.8. The zero-order valence-electron chi connectivity index (χ0n) is 13.0. The van der Waals surface area contributed by atoms with Crippen LogP contribution in [0.3, 0.4) is 0 Å². The highest BCUT2D eigenvalue weighted by atomic mass is 127. The summed E-state index contributed by atoms with van der Waals surface area (Å²) in [6, 6.07) is 0. The number of nitrogens with one attached hydrogen (secondary N) is 2. The first-order chi connectivity index (χ1) is 9.91. The molecule has 132 valence electrons. The molecule has 0 aromatic carbocycles. The normalized spacial score (nSPS) is 18.5. The number of ether oxygens (including phenoxy) is 1. The smallest absolute Gasteiger partial charge is 0.381 e. The van der Waals surface area contributed by atoms with Gasteiger partial charge in [-0.05, 0) is 18.6 Å². The van der Waals surface area contributed by atoms with E-state index < -0.39 is 12.6 Å². The fourth-order valence-electron chi connectivity index (χ4n) is 2.21. The lowest BCUT2D eigenvalue weighted by atomic mass is 9.99. The summed E-state index contributed by atoms with van der Waals surface area (Å²) >= 11 is 1.87. The maximum absolute atomic E-state index is 12.1. The highest BCUT2D eigenvalue weighted by Crippen LogP contribution is 2.34. The van der Waals surface area contributed by atoms with Crippen LogP contribution in [0.5, 0.6) is 0 Å². The number of rotatable bonds is 6. The fourth-order valence-corrected chi connectivity index (χ4v) is 3.45. The highest BCUT2D eigenvalue weighted by Gasteiger charge is 2.33. The Hall–Kier alpha value is 0.1000. The van der Waals surface area contributed by atoms with Crippen molar-refractivity contribution >= 4 is 41.7 Å². The summed E-state index contributed by atoms with van der Waals surface area (Å²) in [5.41, 5.74) is 0. The minimum absolute atomic E-state index is 0. The third kappa shape index (κ3) is 8.66. The molecule has 0 saturated carbocycles. The van der Waals surface area contributed by atoms with Gasteiger partial charge in [-0.25, -0.2) is 0 Å². The number of guanidine groups is 1. The molecule has 1 aliphatic rings. The van der Waals surface area contributed by atoms with Gasteiger partial charge >= 0.3 is 6.18 Å². The van der Waals surface area contributed by atoms with Crippen molar-refractivity contribution in [3.63, 3.8) is 0 Å². The predicted octanol–water partition coefficient (Wildman–Crippen LogP) is 3.02. The second-order valence-electron chi connectivity index (χ2n) is 4.95. The van der Waals surface area contributed by atoms with Crippen LogP contribution in [-0.2, 0) is 4.74 Å². The number of hydrogen-bond donors (Lipinski definition) is 2. The van der Waals surface area contributed by atoms with E-state index in [9.17, 15) is 13.2 Å². The van der Waals surface area contributed by atoms with Crippen molar-refractivity contribution in [2.24, 2.45) is 4.99 Å². The number of nitrogens with zero attached hydrogens (tertiary/aromatic N) is 1. The Kier molecular flexibility index (Phi) is 10.8. The summed E-state index contributed by atoms with van der Waals surface area (Å²) in [5.74, 6) is 1.42. The van der Waals surface area contributed by atoms with Crippen LogP contribution in [0.2, 0.25) is 0 Å². The van der Waals surface area contributed by atoms with Gasteiger partial charge in [-0.3, -0.25) is 4.99 Å². The predicted molar refractivity (Wildman–Crippen MR) is 96.4 cm³/mol. The fraction of sp³-hybridized carbons (Fsp3) is 0.923. The molecule has 9 heteroatoms. The van der Waals surface area contributed by atoms with Crippen molar-refractivity contribution in [1.29, 1.82) is 0 Å². The molecular formula is C13H25F3IN3OS. The zero-order valence-corrected chi connectivity index (χ0v) is 16.1. The number of hydrogen-bond acceptors (Lipinski definition) is 3. The minimum atomic E-state index is -4.15. The average Bonchev–Trinajstić information content (AvgIpc) is 2.43. The molecule has 2 N–H and O–H groups in total. The molecule has 1 heterocycles. The summed E-state index contributed by atoms with van der Waals surface area (Å²) in [5, 5.41) is 5.85. The van der Waals surface area contributed by atoms with Gasteiger partial charge in [0.2, 0.25) is 0 Å². The Balaban J connectivity index is 0.00000441. The molecule has 1 saturated heterocycles. The summed E-state index contributed by atoms with van der Waals surface area (Å²) in [4.78, 5) is 3.97. The minimum Gasteiger partial charge on any atom is -0.381 e. The third-order valence-corrected chi connectivity index (χ3v) is 4.81. The molecule has 0 spiro atoms. The summed E-state index contributed by atoms with van der Waals surface area (Å²) in [6.07, 6.45) is -3.13. The van der Waals surface area contributed by atoms with Crippen molar-refractivity contribution in [2.75, 3.05) is 39.1 Å².